The molecule has 4 aromatic rings. The Hall–Kier alpha value is -4.45. The molecule has 1 atom stereocenters. The van der Waals surface area contributed by atoms with Gasteiger partial charge in [0.15, 0.2) is 0 Å². The number of amides is 1. The Balaban J connectivity index is 1.30. The molecular weight excluding hydrogens is 479 g/mol. The predicted octanol–water partition coefficient (Wildman–Crippen LogP) is 6.63. The van der Waals surface area contributed by atoms with Gasteiger partial charge in [0.05, 0.1) is 11.6 Å². The summed E-state index contributed by atoms with van der Waals surface area (Å²) in [6, 6.07) is 26.8. The summed E-state index contributed by atoms with van der Waals surface area (Å²) in [6.07, 6.45) is 1.87. The molecule has 0 saturated carbocycles. The molecule has 6 heteroatoms. The molecule has 5 rings (SSSR count). The molecule has 0 fully saturated rings. The van der Waals surface area contributed by atoms with Crippen molar-refractivity contribution in [3.05, 3.63) is 125 Å². The maximum absolute atomic E-state index is 14.1. The minimum Gasteiger partial charge on any atom is -0.478 e. The highest BCUT2D eigenvalue weighted by Gasteiger charge is 2.20. The average Bonchev–Trinajstić information content (AvgIpc) is 2.93. The number of anilines is 1. The van der Waals surface area contributed by atoms with E-state index in [9.17, 15) is 19.1 Å². The second kappa shape index (κ2) is 10.9. The summed E-state index contributed by atoms with van der Waals surface area (Å²) in [5.74, 6) is -1.50. The number of hydrogen-bond acceptors (Lipinski definition) is 3. The van der Waals surface area contributed by atoms with Gasteiger partial charge in [0.1, 0.15) is 5.82 Å². The normalized spacial score (nSPS) is 13.5. The van der Waals surface area contributed by atoms with Crippen LogP contribution in [0.4, 0.5) is 10.1 Å². The molecule has 1 unspecified atom stereocenters. The van der Waals surface area contributed by atoms with E-state index in [4.69, 9.17) is 0 Å². The van der Waals surface area contributed by atoms with Crippen LogP contribution in [0.5, 0.6) is 0 Å². The molecule has 2 N–H and O–H groups in total. The smallest absolute Gasteiger partial charge is 0.336 e. The zero-order chi connectivity index (χ0) is 26.6. The fraction of sp³-hybridized carbons (Fsp3) is 0.188. The summed E-state index contributed by atoms with van der Waals surface area (Å²) < 4.78 is 14.1. The predicted molar refractivity (Wildman–Crippen MR) is 147 cm³/mol. The van der Waals surface area contributed by atoms with Crippen LogP contribution in [0.25, 0.3) is 11.1 Å². The Labute approximate surface area is 221 Å². The fourth-order valence-electron chi connectivity index (χ4n) is 5.10. The molecule has 5 nitrogen and oxygen atoms in total. The molecule has 4 aromatic carbocycles. The molecule has 192 valence electrons. The van der Waals surface area contributed by atoms with Crippen LogP contribution in [0.2, 0.25) is 0 Å². The summed E-state index contributed by atoms with van der Waals surface area (Å²) in [5, 5.41) is 12.4. The number of hydrogen-bond donors (Lipinski definition) is 2. The lowest BCUT2D eigenvalue weighted by Gasteiger charge is -2.32. The van der Waals surface area contributed by atoms with Crippen molar-refractivity contribution in [2.24, 2.45) is 0 Å². The van der Waals surface area contributed by atoms with E-state index in [1.54, 1.807) is 37.3 Å². The Kier molecular flexibility index (Phi) is 7.22. The van der Waals surface area contributed by atoms with E-state index >= 15 is 0 Å². The van der Waals surface area contributed by atoms with Gasteiger partial charge in [-0.3, -0.25) is 4.79 Å². The van der Waals surface area contributed by atoms with Gasteiger partial charge in [-0.15, -0.1) is 0 Å². The number of aromatic carboxylic acids is 1. The summed E-state index contributed by atoms with van der Waals surface area (Å²) in [5.41, 5.74) is 6.22. The summed E-state index contributed by atoms with van der Waals surface area (Å²) in [4.78, 5) is 26.8. The third kappa shape index (κ3) is 5.30. The number of carbonyl (C=O) groups is 2. The van der Waals surface area contributed by atoms with Gasteiger partial charge in [0.2, 0.25) is 0 Å². The number of carboxylic acid groups (broad SMARTS) is 1. The monoisotopic (exact) mass is 508 g/mol. The number of nitrogens with one attached hydrogen (secondary N) is 1. The molecule has 0 radical (unpaired) electrons. The first-order valence-electron chi connectivity index (χ1n) is 12.8. The zero-order valence-electron chi connectivity index (χ0n) is 21.2. The van der Waals surface area contributed by atoms with Crippen LogP contribution < -0.4 is 10.2 Å². The number of carbonyl (C=O) groups excluding carboxylic acids is 1. The number of fused-ring (bicyclic) bond motifs is 1. The van der Waals surface area contributed by atoms with Crippen molar-refractivity contribution in [3.8, 4) is 11.1 Å². The van der Waals surface area contributed by atoms with Gasteiger partial charge < -0.3 is 15.3 Å². The van der Waals surface area contributed by atoms with Gasteiger partial charge in [-0.2, -0.15) is 0 Å². The number of halogens is 1. The SMILES string of the molecule is CC(NC(=O)c1ccc2c(c1)CCCN2Cc1ccc(-c2ccccc2C(=O)O)cc1)c1ccccc1F. The molecule has 1 heterocycles. The van der Waals surface area contributed by atoms with Crippen molar-refractivity contribution in [3.63, 3.8) is 0 Å². The van der Waals surface area contributed by atoms with Crippen molar-refractivity contribution in [2.45, 2.75) is 32.4 Å². The second-order valence-electron chi connectivity index (χ2n) is 9.63. The highest BCUT2D eigenvalue weighted by molar-refractivity contribution is 5.96. The maximum Gasteiger partial charge on any atom is 0.336 e. The van der Waals surface area contributed by atoms with E-state index < -0.39 is 12.0 Å². The van der Waals surface area contributed by atoms with Crippen LogP contribution in [-0.2, 0) is 13.0 Å². The number of benzene rings is 4. The van der Waals surface area contributed by atoms with Gasteiger partial charge in [0, 0.05) is 29.9 Å². The topological polar surface area (TPSA) is 69.6 Å². The van der Waals surface area contributed by atoms with Crippen LogP contribution in [-0.4, -0.2) is 23.5 Å². The number of nitrogens with zero attached hydrogens (tertiary/aromatic N) is 1. The van der Waals surface area contributed by atoms with Crippen LogP contribution in [0.15, 0.2) is 91.0 Å². The minimum atomic E-state index is -0.940. The highest BCUT2D eigenvalue weighted by Crippen LogP contribution is 2.31. The number of aryl methyl sites for hydroxylation is 1. The standard InChI is InChI=1S/C32H29FN2O3/c1-21(26-8-4-5-11-29(26)33)34-31(36)25-16-17-30-24(19-25)7-6-18-35(30)20-22-12-14-23(15-13-22)27-9-2-3-10-28(27)32(37)38/h2-5,8-17,19,21H,6-7,18,20H2,1H3,(H,34,36)(H,37,38). The minimum absolute atomic E-state index is 0.224. The first kappa shape index (κ1) is 25.2. The average molecular weight is 509 g/mol. The molecule has 1 aliphatic heterocycles. The van der Waals surface area contributed by atoms with Crippen LogP contribution >= 0.6 is 0 Å². The molecule has 1 amide bonds. The quantitative estimate of drug-likeness (QED) is 0.294. The molecule has 1 aliphatic rings. The summed E-state index contributed by atoms with van der Waals surface area (Å²) in [7, 11) is 0. The first-order valence-corrected chi connectivity index (χ1v) is 12.8. The van der Waals surface area contributed by atoms with Crippen molar-refractivity contribution in [1.82, 2.24) is 5.32 Å². The third-order valence-corrected chi connectivity index (χ3v) is 7.07. The molecule has 0 aliphatic carbocycles. The molecular formula is C32H29FN2O3. The lowest BCUT2D eigenvalue weighted by Crippen LogP contribution is -2.30. The fourth-order valence-corrected chi connectivity index (χ4v) is 5.10. The summed E-state index contributed by atoms with van der Waals surface area (Å²) >= 11 is 0. The third-order valence-electron chi connectivity index (χ3n) is 7.07. The molecule has 38 heavy (non-hydrogen) atoms. The largest absolute Gasteiger partial charge is 0.478 e. The van der Waals surface area contributed by atoms with Gasteiger partial charge in [-0.05, 0) is 72.4 Å². The Bertz CT molecular complexity index is 1480. The highest BCUT2D eigenvalue weighted by atomic mass is 19.1. The van der Waals surface area contributed by atoms with Gasteiger partial charge in [-0.1, -0.05) is 60.7 Å². The van der Waals surface area contributed by atoms with E-state index in [-0.39, 0.29) is 17.3 Å². The lowest BCUT2D eigenvalue weighted by atomic mass is 9.97. The second-order valence-corrected chi connectivity index (χ2v) is 9.63. The zero-order valence-corrected chi connectivity index (χ0v) is 21.2. The van der Waals surface area contributed by atoms with Crippen LogP contribution in [0, 0.1) is 5.82 Å². The van der Waals surface area contributed by atoms with E-state index in [1.807, 2.05) is 54.6 Å². The van der Waals surface area contributed by atoms with Crippen molar-refractivity contribution < 1.29 is 19.1 Å². The van der Waals surface area contributed by atoms with Gasteiger partial charge in [0.25, 0.3) is 5.91 Å². The van der Waals surface area contributed by atoms with E-state index in [2.05, 4.69) is 10.2 Å². The van der Waals surface area contributed by atoms with E-state index in [1.165, 1.54) is 6.07 Å². The Morgan fingerprint density at radius 2 is 1.71 bits per heavy atom. The van der Waals surface area contributed by atoms with E-state index in [0.717, 1.165) is 41.8 Å². The Morgan fingerprint density at radius 3 is 2.47 bits per heavy atom. The van der Waals surface area contributed by atoms with Gasteiger partial charge >= 0.3 is 5.97 Å². The number of rotatable bonds is 7. The van der Waals surface area contributed by atoms with Crippen LogP contribution in [0.3, 0.4) is 0 Å². The van der Waals surface area contributed by atoms with E-state index in [0.29, 0.717) is 23.2 Å². The van der Waals surface area contributed by atoms with Crippen molar-refractivity contribution in [2.75, 3.05) is 11.4 Å². The molecule has 0 bridgehead atoms. The van der Waals surface area contributed by atoms with Gasteiger partial charge in [-0.25, -0.2) is 9.18 Å². The van der Waals surface area contributed by atoms with Crippen LogP contribution in [0.1, 0.15) is 56.8 Å². The lowest BCUT2D eigenvalue weighted by molar-refractivity contribution is 0.0697. The molecule has 0 aromatic heterocycles. The number of carboxylic acids is 1. The van der Waals surface area contributed by atoms with Crippen molar-refractivity contribution >= 4 is 17.6 Å². The van der Waals surface area contributed by atoms with Crippen molar-refractivity contribution in [1.29, 1.82) is 0 Å². The Morgan fingerprint density at radius 1 is 0.974 bits per heavy atom. The maximum atomic E-state index is 14.1. The molecule has 0 saturated heterocycles. The summed E-state index contributed by atoms with van der Waals surface area (Å²) in [6.45, 7) is 3.40. The first-order chi connectivity index (χ1) is 18.4. The molecule has 0 spiro atoms.